The topological polar surface area (TPSA) is 73.0 Å². The number of fused-ring (bicyclic) bond motifs is 3. The van der Waals surface area contributed by atoms with Gasteiger partial charge in [-0.2, -0.15) is 4.68 Å². The Kier molecular flexibility index (Phi) is 6.26. The summed E-state index contributed by atoms with van der Waals surface area (Å²) in [5, 5.41) is 4.38. The Balaban J connectivity index is 1.27. The van der Waals surface area contributed by atoms with E-state index >= 15 is 0 Å². The first-order valence-electron chi connectivity index (χ1n) is 11.3. The van der Waals surface area contributed by atoms with Gasteiger partial charge in [-0.25, -0.2) is 13.6 Å². The molecule has 33 heavy (non-hydrogen) atoms. The van der Waals surface area contributed by atoms with Crippen LogP contribution in [0.1, 0.15) is 31.2 Å². The Morgan fingerprint density at radius 3 is 2.67 bits per heavy atom. The molecule has 2 aliphatic rings. The summed E-state index contributed by atoms with van der Waals surface area (Å²) in [5.41, 5.74) is 4.63. The highest BCUT2D eigenvalue weighted by Crippen LogP contribution is 2.37. The summed E-state index contributed by atoms with van der Waals surface area (Å²) in [6.07, 6.45) is 7.50. The molecule has 2 atom stereocenters. The zero-order valence-corrected chi connectivity index (χ0v) is 18.6. The van der Waals surface area contributed by atoms with Crippen LogP contribution in [0.4, 0.5) is 4.39 Å². The van der Waals surface area contributed by atoms with Crippen molar-refractivity contribution in [2.75, 3.05) is 13.7 Å². The highest BCUT2D eigenvalue weighted by molar-refractivity contribution is 5.39. The molecule has 1 N–H and O–H groups in total. The summed E-state index contributed by atoms with van der Waals surface area (Å²) in [4.78, 5) is 20.3. The summed E-state index contributed by atoms with van der Waals surface area (Å²) in [6, 6.07) is 12.9. The molecule has 5 rings (SSSR count). The molecule has 1 aromatic carbocycles. The number of nitrogens with zero attached hydrogens (tertiary/aromatic N) is 4. The van der Waals surface area contributed by atoms with Gasteiger partial charge in [0.05, 0.1) is 31.7 Å². The summed E-state index contributed by atoms with van der Waals surface area (Å²) >= 11 is 0. The molecule has 174 valence electrons. The molecule has 2 bridgehead atoms. The van der Waals surface area contributed by atoms with Crippen LogP contribution in [0.5, 0.6) is 0 Å². The number of benzene rings is 1. The van der Waals surface area contributed by atoms with Crippen molar-refractivity contribution in [3.05, 3.63) is 76.2 Å². The molecule has 2 saturated heterocycles. The molecule has 3 aromatic rings. The second-order valence-electron chi connectivity index (χ2n) is 8.67. The average Bonchev–Trinajstić information content (AvgIpc) is 3.24. The molecule has 0 spiro atoms. The van der Waals surface area contributed by atoms with Gasteiger partial charge in [-0.05, 0) is 43.9 Å². The summed E-state index contributed by atoms with van der Waals surface area (Å²) in [5.74, 6) is -0.222. The quantitative estimate of drug-likeness (QED) is 0.529. The van der Waals surface area contributed by atoms with Crippen LogP contribution in [0, 0.1) is 5.82 Å². The fourth-order valence-corrected chi connectivity index (χ4v) is 5.04. The maximum atomic E-state index is 13.9. The first-order chi connectivity index (χ1) is 16.1. The second kappa shape index (κ2) is 9.46. The molecule has 9 heteroatoms. The molecular weight excluding hydrogens is 425 g/mol. The van der Waals surface area contributed by atoms with Gasteiger partial charge in [0.2, 0.25) is 0 Å². The number of ether oxygens (including phenoxy) is 1. The molecule has 2 aliphatic heterocycles. The highest BCUT2D eigenvalue weighted by Gasteiger charge is 2.41. The molecule has 2 aromatic heterocycles. The standard InChI is InChI=1S/C24H28FN5O3/c1-32-27-18(15-30-24(31)28-11-5-4-8-23(28)26-30)14-29-19-9-10-20(29)13-21(12-19)33-16-17-6-2-3-7-22(17)25/h2-8,11,15,19-21,27H,9-10,12-14,16H2,1H3. The molecule has 0 saturated carbocycles. The van der Waals surface area contributed by atoms with Gasteiger partial charge in [0.1, 0.15) is 5.82 Å². The maximum absolute atomic E-state index is 13.9. The minimum Gasteiger partial charge on any atom is -0.373 e. The van der Waals surface area contributed by atoms with Gasteiger partial charge < -0.3 is 4.74 Å². The van der Waals surface area contributed by atoms with Gasteiger partial charge >= 0.3 is 5.69 Å². The zero-order valence-electron chi connectivity index (χ0n) is 18.6. The Labute approximate surface area is 191 Å². The van der Waals surface area contributed by atoms with Crippen molar-refractivity contribution in [3.63, 3.8) is 0 Å². The van der Waals surface area contributed by atoms with E-state index in [1.54, 1.807) is 43.8 Å². The molecule has 0 radical (unpaired) electrons. The Bertz CT molecular complexity index is 1190. The van der Waals surface area contributed by atoms with E-state index in [0.717, 1.165) is 31.4 Å². The molecular formula is C24H28FN5O3. The average molecular weight is 454 g/mol. The first-order valence-corrected chi connectivity index (χ1v) is 11.3. The molecule has 4 heterocycles. The third kappa shape index (κ3) is 4.57. The van der Waals surface area contributed by atoms with E-state index in [2.05, 4.69) is 15.5 Å². The molecule has 2 unspecified atom stereocenters. The van der Waals surface area contributed by atoms with Crippen LogP contribution in [-0.2, 0) is 16.2 Å². The van der Waals surface area contributed by atoms with Crippen LogP contribution in [0.15, 0.2) is 59.2 Å². The van der Waals surface area contributed by atoms with Crippen molar-refractivity contribution in [2.45, 2.75) is 50.5 Å². The first kappa shape index (κ1) is 21.8. The predicted octanol–water partition coefficient (Wildman–Crippen LogP) is 2.80. The van der Waals surface area contributed by atoms with Gasteiger partial charge in [0, 0.05) is 30.4 Å². The largest absolute Gasteiger partial charge is 0.373 e. The Morgan fingerprint density at radius 1 is 1.18 bits per heavy atom. The second-order valence-corrected chi connectivity index (χ2v) is 8.67. The van der Waals surface area contributed by atoms with Crippen LogP contribution in [-0.4, -0.2) is 50.9 Å². The number of rotatable bonds is 8. The van der Waals surface area contributed by atoms with Gasteiger partial charge in [-0.3, -0.25) is 15.2 Å². The number of pyridine rings is 1. The summed E-state index contributed by atoms with van der Waals surface area (Å²) in [7, 11) is 1.55. The summed E-state index contributed by atoms with van der Waals surface area (Å²) in [6.45, 7) is 0.910. The van der Waals surface area contributed by atoms with Crippen LogP contribution in [0.2, 0.25) is 0 Å². The van der Waals surface area contributed by atoms with E-state index < -0.39 is 0 Å². The number of hydroxylamine groups is 1. The van der Waals surface area contributed by atoms with Gasteiger partial charge in [-0.1, -0.05) is 24.3 Å². The number of hydrogen-bond acceptors (Lipinski definition) is 6. The fraction of sp³-hybridized carbons (Fsp3) is 0.417. The van der Waals surface area contributed by atoms with Crippen molar-refractivity contribution >= 4 is 11.8 Å². The zero-order chi connectivity index (χ0) is 22.8. The van der Waals surface area contributed by atoms with E-state index in [4.69, 9.17) is 9.57 Å². The van der Waals surface area contributed by atoms with Crippen molar-refractivity contribution in [1.29, 1.82) is 0 Å². The van der Waals surface area contributed by atoms with E-state index in [-0.39, 0.29) is 17.6 Å². The monoisotopic (exact) mass is 453 g/mol. The molecule has 0 aliphatic carbocycles. The number of piperidine rings is 1. The van der Waals surface area contributed by atoms with Gasteiger partial charge in [0.25, 0.3) is 0 Å². The predicted molar refractivity (Wildman–Crippen MR) is 122 cm³/mol. The molecule has 2 fully saturated rings. The van der Waals surface area contributed by atoms with Crippen LogP contribution < -0.4 is 11.2 Å². The number of aromatic nitrogens is 3. The van der Waals surface area contributed by atoms with E-state index in [1.807, 2.05) is 12.1 Å². The van der Waals surface area contributed by atoms with Gasteiger partial charge in [0.15, 0.2) is 5.65 Å². The lowest BCUT2D eigenvalue weighted by atomic mass is 9.99. The third-order valence-corrected chi connectivity index (χ3v) is 6.59. The van der Waals surface area contributed by atoms with Crippen molar-refractivity contribution in [1.82, 2.24) is 24.6 Å². The van der Waals surface area contributed by atoms with Crippen LogP contribution in [0.25, 0.3) is 11.8 Å². The lowest BCUT2D eigenvalue weighted by Crippen LogP contribution is -2.47. The number of halogens is 1. The molecule has 0 amide bonds. The lowest BCUT2D eigenvalue weighted by molar-refractivity contribution is -0.0283. The number of nitrogens with one attached hydrogen (secondary N) is 1. The number of hydrogen-bond donors (Lipinski definition) is 1. The SMILES string of the molecule is CONC(=Cn1nc2ccccn2c1=O)CN1C2CCC1CC(OCc1ccccc1F)C2. The van der Waals surface area contributed by atoms with Crippen molar-refractivity contribution in [3.8, 4) is 0 Å². The van der Waals surface area contributed by atoms with Crippen LogP contribution in [0.3, 0.4) is 0 Å². The smallest absolute Gasteiger partial charge is 0.354 e. The fourth-order valence-electron chi connectivity index (χ4n) is 5.04. The Hall–Kier alpha value is -3.01. The minimum atomic E-state index is -0.232. The highest BCUT2D eigenvalue weighted by atomic mass is 19.1. The minimum absolute atomic E-state index is 0.113. The van der Waals surface area contributed by atoms with E-state index in [1.165, 1.54) is 15.1 Å². The van der Waals surface area contributed by atoms with Crippen molar-refractivity contribution < 1.29 is 14.0 Å². The molecule has 8 nitrogen and oxygen atoms in total. The maximum Gasteiger partial charge on any atom is 0.354 e. The normalized spacial score (nSPS) is 23.3. The Morgan fingerprint density at radius 2 is 1.94 bits per heavy atom. The van der Waals surface area contributed by atoms with Gasteiger partial charge in [-0.15, -0.1) is 5.10 Å². The third-order valence-electron chi connectivity index (χ3n) is 6.59. The van der Waals surface area contributed by atoms with E-state index in [0.29, 0.717) is 36.4 Å². The lowest BCUT2D eigenvalue weighted by Gasteiger charge is -2.39. The van der Waals surface area contributed by atoms with Crippen LogP contribution >= 0.6 is 0 Å². The summed E-state index contributed by atoms with van der Waals surface area (Å²) < 4.78 is 22.9. The van der Waals surface area contributed by atoms with E-state index in [9.17, 15) is 9.18 Å². The van der Waals surface area contributed by atoms with Crippen molar-refractivity contribution in [2.24, 2.45) is 0 Å².